The number of aryl methyl sites for hydroxylation is 1. The van der Waals surface area contributed by atoms with E-state index in [2.05, 4.69) is 5.32 Å². The van der Waals surface area contributed by atoms with Crippen LogP contribution in [0.15, 0.2) is 72.8 Å². The van der Waals surface area contributed by atoms with Gasteiger partial charge in [-0.2, -0.15) is 0 Å². The van der Waals surface area contributed by atoms with E-state index in [1.165, 1.54) is 0 Å². The third kappa shape index (κ3) is 3.43. The van der Waals surface area contributed by atoms with Gasteiger partial charge in [0, 0.05) is 23.4 Å². The molecule has 152 valence electrons. The quantitative estimate of drug-likeness (QED) is 0.672. The lowest BCUT2D eigenvalue weighted by Gasteiger charge is -2.27. The molecule has 0 fully saturated rings. The van der Waals surface area contributed by atoms with Gasteiger partial charge in [-0.25, -0.2) is 0 Å². The molecule has 0 saturated carbocycles. The molecule has 4 rings (SSSR count). The van der Waals surface area contributed by atoms with Crippen molar-refractivity contribution in [1.29, 1.82) is 0 Å². The number of nitrogens with zero attached hydrogens (tertiary/aromatic N) is 1. The fourth-order valence-electron chi connectivity index (χ4n) is 4.00. The summed E-state index contributed by atoms with van der Waals surface area (Å²) in [7, 11) is 1.61. The SMILES string of the molecule is CCc1ccccc1N1C(=O)c2ccccc2[C@@H]1C(=O)NCc1ccccc1OC. The second kappa shape index (κ2) is 8.41. The minimum atomic E-state index is -0.712. The number of nitrogens with one attached hydrogen (secondary N) is 1. The average molecular weight is 400 g/mol. The molecule has 0 saturated heterocycles. The molecule has 3 aromatic carbocycles. The first-order chi connectivity index (χ1) is 14.7. The van der Waals surface area contributed by atoms with Crippen LogP contribution in [0.1, 0.15) is 40.0 Å². The number of fused-ring (bicyclic) bond motifs is 1. The Balaban J connectivity index is 1.69. The molecule has 1 atom stereocenters. The summed E-state index contributed by atoms with van der Waals surface area (Å²) >= 11 is 0. The summed E-state index contributed by atoms with van der Waals surface area (Å²) in [6.07, 6.45) is 0.770. The summed E-state index contributed by atoms with van der Waals surface area (Å²) < 4.78 is 5.38. The maximum Gasteiger partial charge on any atom is 0.259 e. The maximum atomic E-state index is 13.4. The highest BCUT2D eigenvalue weighted by Crippen LogP contribution is 2.39. The number of ether oxygens (including phenoxy) is 1. The van der Waals surface area contributed by atoms with E-state index in [9.17, 15) is 9.59 Å². The number of hydrogen-bond acceptors (Lipinski definition) is 3. The molecule has 0 spiro atoms. The van der Waals surface area contributed by atoms with Gasteiger partial charge in [0.25, 0.3) is 5.91 Å². The minimum absolute atomic E-state index is 0.149. The first-order valence-electron chi connectivity index (χ1n) is 10.1. The molecule has 30 heavy (non-hydrogen) atoms. The van der Waals surface area contributed by atoms with Crippen LogP contribution in [0, 0.1) is 0 Å². The van der Waals surface area contributed by atoms with Crippen molar-refractivity contribution in [1.82, 2.24) is 5.32 Å². The van der Waals surface area contributed by atoms with Crippen molar-refractivity contribution in [2.24, 2.45) is 0 Å². The Hall–Kier alpha value is -3.60. The molecule has 5 heteroatoms. The van der Waals surface area contributed by atoms with E-state index in [1.807, 2.05) is 73.7 Å². The van der Waals surface area contributed by atoms with Gasteiger partial charge >= 0.3 is 0 Å². The molecule has 5 nitrogen and oxygen atoms in total. The molecule has 0 aromatic heterocycles. The van der Waals surface area contributed by atoms with Crippen LogP contribution in [0.4, 0.5) is 5.69 Å². The molecule has 2 amide bonds. The maximum absolute atomic E-state index is 13.4. The summed E-state index contributed by atoms with van der Waals surface area (Å²) in [6.45, 7) is 2.36. The van der Waals surface area contributed by atoms with Crippen LogP contribution >= 0.6 is 0 Å². The van der Waals surface area contributed by atoms with E-state index in [4.69, 9.17) is 4.74 Å². The zero-order chi connectivity index (χ0) is 21.1. The number of rotatable bonds is 6. The lowest BCUT2D eigenvalue weighted by molar-refractivity contribution is -0.122. The summed E-state index contributed by atoms with van der Waals surface area (Å²) in [5.41, 5.74) is 3.98. The van der Waals surface area contributed by atoms with Crippen LogP contribution in [0.2, 0.25) is 0 Å². The number of benzene rings is 3. The van der Waals surface area contributed by atoms with Gasteiger partial charge in [-0.15, -0.1) is 0 Å². The molecule has 3 aromatic rings. The van der Waals surface area contributed by atoms with Crippen LogP contribution < -0.4 is 15.0 Å². The number of carbonyl (C=O) groups is 2. The third-order valence-corrected chi connectivity index (χ3v) is 5.49. The second-order valence-corrected chi connectivity index (χ2v) is 7.18. The molecule has 0 unspecified atom stereocenters. The topological polar surface area (TPSA) is 58.6 Å². The lowest BCUT2D eigenvalue weighted by atomic mass is 10.0. The van der Waals surface area contributed by atoms with Gasteiger partial charge in [0.05, 0.1) is 7.11 Å². The van der Waals surface area contributed by atoms with Gasteiger partial charge in [-0.05, 0) is 35.7 Å². The first kappa shape index (κ1) is 19.7. The standard InChI is InChI=1S/C25H24N2O3/c1-3-17-10-4-8-14-21(17)27-23(19-12-6-7-13-20(19)25(27)29)24(28)26-16-18-11-5-9-15-22(18)30-2/h4-15,23H,3,16H2,1-2H3,(H,26,28)/t23-/m1/s1. The second-order valence-electron chi connectivity index (χ2n) is 7.18. The number of methoxy groups -OCH3 is 1. The number of anilines is 1. The van der Waals surface area contributed by atoms with Crippen LogP contribution in [0.3, 0.4) is 0 Å². The Morgan fingerprint density at radius 2 is 1.63 bits per heavy atom. The Labute approximate surface area is 176 Å². The number of amides is 2. The number of hydrogen-bond donors (Lipinski definition) is 1. The van der Waals surface area contributed by atoms with E-state index in [0.717, 1.165) is 28.8 Å². The molecule has 1 aliphatic rings. The van der Waals surface area contributed by atoms with Gasteiger partial charge in [-0.1, -0.05) is 61.5 Å². The van der Waals surface area contributed by atoms with Crippen LogP contribution in [-0.4, -0.2) is 18.9 Å². The largest absolute Gasteiger partial charge is 0.496 e. The minimum Gasteiger partial charge on any atom is -0.496 e. The Morgan fingerprint density at radius 3 is 2.40 bits per heavy atom. The predicted octanol–water partition coefficient (Wildman–Crippen LogP) is 4.28. The summed E-state index contributed by atoms with van der Waals surface area (Å²) in [6, 6.07) is 21.9. The molecule has 0 aliphatic carbocycles. The van der Waals surface area contributed by atoms with Gasteiger partial charge in [0.15, 0.2) is 0 Å². The van der Waals surface area contributed by atoms with Crippen molar-refractivity contribution in [3.05, 3.63) is 95.1 Å². The van der Waals surface area contributed by atoms with Crippen molar-refractivity contribution in [2.45, 2.75) is 25.9 Å². The Morgan fingerprint density at radius 1 is 0.967 bits per heavy atom. The molecular weight excluding hydrogens is 376 g/mol. The fourth-order valence-corrected chi connectivity index (χ4v) is 4.00. The van der Waals surface area contributed by atoms with Crippen LogP contribution in [0.5, 0.6) is 5.75 Å². The Kier molecular flexibility index (Phi) is 5.53. The highest BCUT2D eigenvalue weighted by molar-refractivity contribution is 6.16. The number of para-hydroxylation sites is 2. The van der Waals surface area contributed by atoms with Crippen molar-refractivity contribution in [3.63, 3.8) is 0 Å². The normalized spacial score (nSPS) is 15.1. The molecule has 0 bridgehead atoms. The van der Waals surface area contributed by atoms with Crippen LogP contribution in [-0.2, 0) is 17.8 Å². The molecule has 1 aliphatic heterocycles. The van der Waals surface area contributed by atoms with Crippen molar-refractivity contribution < 1.29 is 14.3 Å². The van der Waals surface area contributed by atoms with Crippen molar-refractivity contribution >= 4 is 17.5 Å². The van der Waals surface area contributed by atoms with E-state index in [1.54, 1.807) is 18.1 Å². The Bertz CT molecular complexity index is 1090. The first-order valence-corrected chi connectivity index (χ1v) is 10.1. The van der Waals surface area contributed by atoms with Crippen LogP contribution in [0.25, 0.3) is 0 Å². The van der Waals surface area contributed by atoms with E-state index >= 15 is 0 Å². The molecule has 1 N–H and O–H groups in total. The van der Waals surface area contributed by atoms with Gasteiger partial charge < -0.3 is 10.1 Å². The van der Waals surface area contributed by atoms with Gasteiger partial charge in [-0.3, -0.25) is 14.5 Å². The summed E-state index contributed by atoms with van der Waals surface area (Å²) in [4.78, 5) is 28.3. The predicted molar refractivity (Wildman–Crippen MR) is 117 cm³/mol. The summed E-state index contributed by atoms with van der Waals surface area (Å²) in [5.74, 6) is 0.350. The molecule has 0 radical (unpaired) electrons. The van der Waals surface area contributed by atoms with Gasteiger partial charge in [0.1, 0.15) is 11.8 Å². The fraction of sp³-hybridized carbons (Fsp3) is 0.200. The summed E-state index contributed by atoms with van der Waals surface area (Å²) in [5, 5.41) is 3.00. The van der Waals surface area contributed by atoms with E-state index in [-0.39, 0.29) is 11.8 Å². The van der Waals surface area contributed by atoms with Crippen molar-refractivity contribution in [3.8, 4) is 5.75 Å². The van der Waals surface area contributed by atoms with E-state index in [0.29, 0.717) is 17.9 Å². The average Bonchev–Trinajstić information content (AvgIpc) is 3.10. The number of carbonyl (C=O) groups excluding carboxylic acids is 2. The highest BCUT2D eigenvalue weighted by Gasteiger charge is 2.42. The van der Waals surface area contributed by atoms with Crippen molar-refractivity contribution in [2.75, 3.05) is 12.0 Å². The monoisotopic (exact) mass is 400 g/mol. The highest BCUT2D eigenvalue weighted by atomic mass is 16.5. The molecule has 1 heterocycles. The lowest BCUT2D eigenvalue weighted by Crippen LogP contribution is -2.39. The van der Waals surface area contributed by atoms with Gasteiger partial charge in [0.2, 0.25) is 5.91 Å². The third-order valence-electron chi connectivity index (χ3n) is 5.49. The zero-order valence-corrected chi connectivity index (χ0v) is 17.1. The van der Waals surface area contributed by atoms with E-state index < -0.39 is 6.04 Å². The smallest absolute Gasteiger partial charge is 0.259 e. The zero-order valence-electron chi connectivity index (χ0n) is 17.1. The molecular formula is C25H24N2O3.